The SMILES string of the molecule is B[C@@H]1CC(=O)[C@@H](C)C(O)O[C@H](CC)[C@@]2(C)OC(=O)N(CCCCn3cc(-c4cccc(N)c4)nn3)[C@@H]2[C@@H](C)N(C(C)=O)C[C@H](C)C[C@@]1(C)OC. The van der Waals surface area contributed by atoms with Gasteiger partial charge in [0.15, 0.2) is 11.9 Å². The van der Waals surface area contributed by atoms with Crippen molar-refractivity contribution in [2.45, 2.75) is 129 Å². The lowest BCUT2D eigenvalue weighted by molar-refractivity contribution is -0.210. The van der Waals surface area contributed by atoms with Gasteiger partial charge in [0.1, 0.15) is 25.4 Å². The predicted molar refractivity (Wildman–Crippen MR) is 193 cm³/mol. The Bertz CT molecular complexity index is 1490. The maximum absolute atomic E-state index is 13.8. The van der Waals surface area contributed by atoms with Crippen molar-refractivity contribution in [1.82, 2.24) is 24.8 Å². The van der Waals surface area contributed by atoms with Gasteiger partial charge in [0.05, 0.1) is 29.8 Å². The molecule has 9 atom stereocenters. The summed E-state index contributed by atoms with van der Waals surface area (Å²) < 4.78 is 20.2. The highest BCUT2D eigenvalue weighted by Crippen LogP contribution is 2.41. The Balaban J connectivity index is 1.61. The Labute approximate surface area is 297 Å². The minimum atomic E-state index is -1.41. The second kappa shape index (κ2) is 16.2. The Morgan fingerprint density at radius 1 is 1.18 bits per heavy atom. The van der Waals surface area contributed by atoms with E-state index < -0.39 is 47.7 Å². The number of carbonyl (C=O) groups is 3. The van der Waals surface area contributed by atoms with Crippen molar-refractivity contribution in [3.63, 3.8) is 0 Å². The minimum absolute atomic E-state index is 0.00726. The Morgan fingerprint density at radius 2 is 1.88 bits per heavy atom. The summed E-state index contributed by atoms with van der Waals surface area (Å²) in [6.07, 6.45) is 1.73. The third-order valence-electron chi connectivity index (χ3n) is 11.1. The number of aliphatic hydroxyl groups is 1. The number of aromatic nitrogens is 3. The van der Waals surface area contributed by atoms with Crippen LogP contribution in [0, 0.1) is 11.8 Å². The number of ether oxygens (including phenoxy) is 3. The van der Waals surface area contributed by atoms with Gasteiger partial charge in [-0.15, -0.1) is 5.10 Å². The number of benzene rings is 1. The van der Waals surface area contributed by atoms with Gasteiger partial charge in [-0.25, -0.2) is 4.79 Å². The largest absolute Gasteiger partial charge is 0.438 e. The van der Waals surface area contributed by atoms with Crippen LogP contribution in [-0.4, -0.2) is 111 Å². The van der Waals surface area contributed by atoms with Crippen LogP contribution in [0.25, 0.3) is 11.3 Å². The predicted octanol–water partition coefficient (Wildman–Crippen LogP) is 3.70. The van der Waals surface area contributed by atoms with Gasteiger partial charge in [-0.05, 0) is 70.3 Å². The van der Waals surface area contributed by atoms with Crippen molar-refractivity contribution in [3.05, 3.63) is 30.5 Å². The standard InChI is InChI=1S/C36H57BN6O7/c1-9-31-36(7)32(42(34(47)50-36)16-11-10-15-41-21-28(39-40-41)26-13-12-14-27(38)17-26)24(4)43(25(5)44)20-22(2)19-35(6,48-8)30(37)18-29(45)23(3)33(46)49-31/h12-14,17,21-24,30-33,46H,9-11,15-16,18-20,37-38H2,1-8H3/t22-,23-,24-,30-,31-,32-,33?,35-,36-/m1/s1. The van der Waals surface area contributed by atoms with E-state index in [1.165, 1.54) is 0 Å². The second-order valence-corrected chi connectivity index (χ2v) is 14.9. The first-order valence-corrected chi connectivity index (χ1v) is 18.0. The molecule has 0 saturated carbocycles. The summed E-state index contributed by atoms with van der Waals surface area (Å²) in [5, 5.41) is 19.8. The molecule has 0 bridgehead atoms. The number of nitrogens with two attached hydrogens (primary N) is 1. The van der Waals surface area contributed by atoms with Gasteiger partial charge in [-0.1, -0.05) is 38.1 Å². The molecule has 1 aromatic carbocycles. The van der Waals surface area contributed by atoms with Crippen LogP contribution in [0.2, 0.25) is 5.82 Å². The molecule has 1 aromatic heterocycles. The summed E-state index contributed by atoms with van der Waals surface area (Å²) in [4.78, 5) is 44.1. The number of nitrogen functional groups attached to an aromatic ring is 1. The monoisotopic (exact) mass is 696 g/mol. The van der Waals surface area contributed by atoms with E-state index in [1.807, 2.05) is 70.9 Å². The highest BCUT2D eigenvalue weighted by Gasteiger charge is 2.59. The summed E-state index contributed by atoms with van der Waals surface area (Å²) in [5.41, 5.74) is 6.31. The first-order valence-electron chi connectivity index (χ1n) is 18.0. The number of carbonyl (C=O) groups excluding carboxylic acids is 3. The Morgan fingerprint density at radius 3 is 2.52 bits per heavy atom. The Hall–Kier alpha value is -3.49. The molecule has 1 unspecified atom stereocenters. The molecule has 2 aliphatic heterocycles. The zero-order valence-electron chi connectivity index (χ0n) is 31.3. The van der Waals surface area contributed by atoms with Gasteiger partial charge < -0.3 is 30.0 Å². The van der Waals surface area contributed by atoms with E-state index in [9.17, 15) is 19.5 Å². The van der Waals surface area contributed by atoms with E-state index in [0.29, 0.717) is 51.0 Å². The number of aryl methyl sites for hydroxylation is 1. The molecule has 2 aliphatic rings. The number of nitrogens with zero attached hydrogens (tertiary/aromatic N) is 5. The van der Waals surface area contributed by atoms with Crippen LogP contribution in [0.15, 0.2) is 30.5 Å². The highest BCUT2D eigenvalue weighted by atomic mass is 16.6. The third kappa shape index (κ3) is 8.51. The lowest BCUT2D eigenvalue weighted by atomic mass is 9.67. The Kier molecular flexibility index (Phi) is 12.8. The van der Waals surface area contributed by atoms with Crippen LogP contribution >= 0.6 is 0 Å². The van der Waals surface area contributed by atoms with E-state index >= 15 is 0 Å². The topological polar surface area (TPSA) is 162 Å². The van der Waals surface area contributed by atoms with Gasteiger partial charge >= 0.3 is 6.09 Å². The van der Waals surface area contributed by atoms with Gasteiger partial charge in [-0.2, -0.15) is 0 Å². The van der Waals surface area contributed by atoms with Crippen molar-refractivity contribution in [2.24, 2.45) is 11.8 Å². The number of anilines is 1. The molecular weight excluding hydrogens is 639 g/mol. The third-order valence-corrected chi connectivity index (χ3v) is 11.1. The number of methoxy groups -OCH3 is 1. The average molecular weight is 697 g/mol. The number of amides is 2. The molecule has 276 valence electrons. The molecule has 0 aliphatic carbocycles. The van der Waals surface area contributed by atoms with E-state index in [-0.39, 0.29) is 29.8 Å². The lowest BCUT2D eigenvalue weighted by Gasteiger charge is -2.45. The van der Waals surface area contributed by atoms with E-state index in [0.717, 1.165) is 11.3 Å². The van der Waals surface area contributed by atoms with Crippen LogP contribution in [0.3, 0.4) is 0 Å². The number of ketones is 1. The molecule has 2 aromatic rings. The fourth-order valence-electron chi connectivity index (χ4n) is 7.87. The lowest BCUT2D eigenvalue weighted by Crippen LogP contribution is -2.62. The number of hydrogen-bond acceptors (Lipinski definition) is 10. The molecule has 0 radical (unpaired) electrons. The first-order chi connectivity index (χ1) is 23.5. The molecule has 3 N–H and O–H groups in total. The van der Waals surface area contributed by atoms with E-state index in [1.54, 1.807) is 30.5 Å². The number of hydrogen-bond donors (Lipinski definition) is 2. The summed E-state index contributed by atoms with van der Waals surface area (Å²) in [5.74, 6) is -1.21. The maximum Gasteiger partial charge on any atom is 0.410 e. The normalized spacial score (nSPS) is 33.0. The summed E-state index contributed by atoms with van der Waals surface area (Å²) in [6, 6.07) is 6.41. The number of unbranched alkanes of at least 4 members (excludes halogenated alkanes) is 1. The van der Waals surface area contributed by atoms with Crippen LogP contribution in [-0.2, 0) is 30.3 Å². The van der Waals surface area contributed by atoms with Crippen molar-refractivity contribution >= 4 is 31.3 Å². The fraction of sp³-hybridized carbons (Fsp3) is 0.694. The molecular formula is C36H57BN6O7. The van der Waals surface area contributed by atoms with Crippen molar-refractivity contribution in [3.8, 4) is 11.3 Å². The first kappa shape index (κ1) is 39.3. The highest BCUT2D eigenvalue weighted by molar-refractivity contribution is 6.14. The van der Waals surface area contributed by atoms with Crippen molar-refractivity contribution in [2.75, 3.05) is 25.9 Å². The summed E-state index contributed by atoms with van der Waals surface area (Å²) in [7, 11) is 3.63. The molecule has 50 heavy (non-hydrogen) atoms. The van der Waals surface area contributed by atoms with Crippen LogP contribution in [0.4, 0.5) is 10.5 Å². The molecule has 2 saturated heterocycles. The van der Waals surface area contributed by atoms with Crippen LogP contribution in [0.1, 0.15) is 80.6 Å². The summed E-state index contributed by atoms with van der Waals surface area (Å²) in [6.45, 7) is 14.3. The summed E-state index contributed by atoms with van der Waals surface area (Å²) >= 11 is 0. The molecule has 2 fully saturated rings. The number of rotatable bonds is 8. The zero-order valence-corrected chi connectivity index (χ0v) is 31.3. The minimum Gasteiger partial charge on any atom is -0.438 e. The van der Waals surface area contributed by atoms with Crippen LogP contribution < -0.4 is 5.73 Å². The zero-order chi connectivity index (χ0) is 37.0. The van der Waals surface area contributed by atoms with Gasteiger partial charge in [0.25, 0.3) is 0 Å². The number of aliphatic hydroxyl groups excluding tert-OH is 1. The number of Topliss-reactive ketones (excluding diaryl/α,β-unsaturated/α-hetero) is 1. The average Bonchev–Trinajstić information content (AvgIpc) is 3.64. The molecule has 4 rings (SSSR count). The molecule has 14 heteroatoms. The molecule has 3 heterocycles. The fourth-order valence-corrected chi connectivity index (χ4v) is 7.87. The quantitative estimate of drug-likeness (QED) is 0.237. The molecule has 0 spiro atoms. The van der Waals surface area contributed by atoms with Crippen molar-refractivity contribution < 1.29 is 33.7 Å². The van der Waals surface area contributed by atoms with E-state index in [2.05, 4.69) is 17.2 Å². The van der Waals surface area contributed by atoms with Crippen LogP contribution in [0.5, 0.6) is 0 Å². The maximum atomic E-state index is 13.8. The van der Waals surface area contributed by atoms with Gasteiger partial charge in [-0.3, -0.25) is 19.2 Å². The van der Waals surface area contributed by atoms with Gasteiger partial charge in [0.2, 0.25) is 5.91 Å². The van der Waals surface area contributed by atoms with Crippen molar-refractivity contribution in [1.29, 1.82) is 0 Å². The molecule has 2 amide bonds. The molecule has 13 nitrogen and oxygen atoms in total. The number of fused-ring (bicyclic) bond motifs is 1. The van der Waals surface area contributed by atoms with E-state index in [4.69, 9.17) is 19.9 Å². The second-order valence-electron chi connectivity index (χ2n) is 14.9. The van der Waals surface area contributed by atoms with Gasteiger partial charge in [0, 0.05) is 51.3 Å². The smallest absolute Gasteiger partial charge is 0.410 e.